The number of amides is 1. The Balaban J connectivity index is 1.34. The second-order valence-corrected chi connectivity index (χ2v) is 7.71. The Morgan fingerprint density at radius 1 is 1.00 bits per heavy atom. The summed E-state index contributed by atoms with van der Waals surface area (Å²) in [4.78, 5) is 16.9. The molecule has 0 aliphatic carbocycles. The van der Waals surface area contributed by atoms with Crippen LogP contribution in [0.5, 0.6) is 0 Å². The lowest BCUT2D eigenvalue weighted by atomic mass is 10.1. The molecule has 0 radical (unpaired) electrons. The van der Waals surface area contributed by atoms with E-state index in [1.54, 1.807) is 0 Å². The number of nitrogens with zero attached hydrogens (tertiary/aromatic N) is 2. The Morgan fingerprint density at radius 3 is 2.44 bits per heavy atom. The number of halogens is 1. The van der Waals surface area contributed by atoms with Gasteiger partial charge in [-0.25, -0.2) is 0 Å². The molecule has 4 nitrogen and oxygen atoms in total. The van der Waals surface area contributed by atoms with E-state index >= 15 is 0 Å². The molecule has 2 aromatic carbocycles. The molecule has 5 heteroatoms. The van der Waals surface area contributed by atoms with Gasteiger partial charge in [-0.1, -0.05) is 53.6 Å². The summed E-state index contributed by atoms with van der Waals surface area (Å²) < 4.78 is 0. The minimum absolute atomic E-state index is 0.101. The predicted octanol–water partition coefficient (Wildman–Crippen LogP) is 3.12. The summed E-state index contributed by atoms with van der Waals surface area (Å²) in [7, 11) is 0. The number of rotatable bonds is 7. The third-order valence-corrected chi connectivity index (χ3v) is 5.18. The fourth-order valence-corrected chi connectivity index (χ4v) is 3.68. The van der Waals surface area contributed by atoms with Crippen molar-refractivity contribution >= 4 is 17.5 Å². The number of benzene rings is 2. The van der Waals surface area contributed by atoms with Gasteiger partial charge in [-0.05, 0) is 36.6 Å². The third kappa shape index (κ3) is 6.65. The Kier molecular flexibility index (Phi) is 7.27. The van der Waals surface area contributed by atoms with Gasteiger partial charge in [-0.15, -0.1) is 0 Å². The lowest BCUT2D eigenvalue weighted by Crippen LogP contribution is -2.49. The summed E-state index contributed by atoms with van der Waals surface area (Å²) in [5.41, 5.74) is 3.82. The highest BCUT2D eigenvalue weighted by molar-refractivity contribution is 6.30. The Hall–Kier alpha value is -1.88. The smallest absolute Gasteiger partial charge is 0.234 e. The Morgan fingerprint density at radius 2 is 1.70 bits per heavy atom. The van der Waals surface area contributed by atoms with Crippen LogP contribution < -0.4 is 5.32 Å². The van der Waals surface area contributed by atoms with Crippen LogP contribution in [0.3, 0.4) is 0 Å². The maximum Gasteiger partial charge on any atom is 0.234 e. The number of aryl methyl sites for hydroxylation is 1. The molecular weight excluding hydrogens is 358 g/mol. The molecule has 1 aliphatic rings. The van der Waals surface area contributed by atoms with E-state index in [0.717, 1.165) is 49.7 Å². The van der Waals surface area contributed by atoms with Gasteiger partial charge in [0.05, 0.1) is 6.54 Å². The van der Waals surface area contributed by atoms with Crippen LogP contribution in [0.15, 0.2) is 48.5 Å². The number of carbonyl (C=O) groups excluding carboxylic acids is 1. The summed E-state index contributed by atoms with van der Waals surface area (Å²) in [6, 6.07) is 16.5. The molecule has 1 N–H and O–H groups in total. The Bertz CT molecular complexity index is 757. The highest BCUT2D eigenvalue weighted by Gasteiger charge is 2.18. The molecule has 0 unspecified atom stereocenters. The number of nitrogens with one attached hydrogen (secondary N) is 1. The molecule has 1 amide bonds. The lowest BCUT2D eigenvalue weighted by Gasteiger charge is -2.34. The molecule has 0 spiro atoms. The SMILES string of the molecule is Cc1cccc(CN2CCN(CC(=O)NCCc3cccc(Cl)c3)CC2)c1. The Labute approximate surface area is 167 Å². The van der Waals surface area contributed by atoms with E-state index in [0.29, 0.717) is 13.1 Å². The van der Waals surface area contributed by atoms with Crippen LogP contribution in [0.25, 0.3) is 0 Å². The van der Waals surface area contributed by atoms with E-state index in [-0.39, 0.29) is 5.91 Å². The zero-order valence-corrected chi connectivity index (χ0v) is 16.7. The maximum absolute atomic E-state index is 12.2. The number of hydrogen-bond acceptors (Lipinski definition) is 3. The van der Waals surface area contributed by atoms with Crippen molar-refractivity contribution in [2.24, 2.45) is 0 Å². The number of carbonyl (C=O) groups is 1. The van der Waals surface area contributed by atoms with E-state index in [1.165, 1.54) is 11.1 Å². The zero-order valence-electron chi connectivity index (χ0n) is 16.0. The van der Waals surface area contributed by atoms with Crippen molar-refractivity contribution in [1.29, 1.82) is 0 Å². The molecule has 1 heterocycles. The fraction of sp³-hybridized carbons (Fsp3) is 0.409. The molecule has 0 aromatic heterocycles. The summed E-state index contributed by atoms with van der Waals surface area (Å²) in [6.45, 7) is 8.13. The van der Waals surface area contributed by atoms with Crippen molar-refractivity contribution in [3.63, 3.8) is 0 Å². The van der Waals surface area contributed by atoms with Crippen LogP contribution in [-0.2, 0) is 17.8 Å². The van der Waals surface area contributed by atoms with Gasteiger partial charge < -0.3 is 5.32 Å². The third-order valence-electron chi connectivity index (χ3n) is 4.95. The molecule has 1 aliphatic heterocycles. The standard InChI is InChI=1S/C22H28ClN3O/c1-18-4-2-6-20(14-18)16-25-10-12-26(13-11-25)17-22(27)24-9-8-19-5-3-7-21(23)15-19/h2-7,14-15H,8-13,16-17H2,1H3,(H,24,27). The van der Waals surface area contributed by atoms with Gasteiger partial charge in [0.25, 0.3) is 0 Å². The summed E-state index contributed by atoms with van der Waals surface area (Å²) in [6.07, 6.45) is 0.802. The summed E-state index contributed by atoms with van der Waals surface area (Å²) >= 11 is 5.99. The molecule has 0 bridgehead atoms. The molecule has 144 valence electrons. The summed E-state index contributed by atoms with van der Waals surface area (Å²) in [5.74, 6) is 0.101. The van der Waals surface area contributed by atoms with Gasteiger partial charge in [-0.3, -0.25) is 14.6 Å². The maximum atomic E-state index is 12.2. The van der Waals surface area contributed by atoms with Crippen LogP contribution in [0.1, 0.15) is 16.7 Å². The van der Waals surface area contributed by atoms with E-state index < -0.39 is 0 Å². The average molecular weight is 386 g/mol. The molecule has 0 saturated carbocycles. The molecule has 3 rings (SSSR count). The van der Waals surface area contributed by atoms with Crippen LogP contribution in [0, 0.1) is 6.92 Å². The van der Waals surface area contributed by atoms with E-state index in [2.05, 4.69) is 46.3 Å². The normalized spacial score (nSPS) is 15.6. The fourth-order valence-electron chi connectivity index (χ4n) is 3.47. The van der Waals surface area contributed by atoms with Gasteiger partial charge in [-0.2, -0.15) is 0 Å². The number of piperazine rings is 1. The lowest BCUT2D eigenvalue weighted by molar-refractivity contribution is -0.122. The molecule has 2 aromatic rings. The molecule has 27 heavy (non-hydrogen) atoms. The molecule has 1 saturated heterocycles. The minimum Gasteiger partial charge on any atom is -0.355 e. The summed E-state index contributed by atoms with van der Waals surface area (Å²) in [5, 5.41) is 3.76. The second-order valence-electron chi connectivity index (χ2n) is 7.27. The van der Waals surface area contributed by atoms with Crippen LogP contribution in [0.2, 0.25) is 5.02 Å². The molecular formula is C22H28ClN3O. The first-order valence-corrected chi connectivity index (χ1v) is 9.98. The van der Waals surface area contributed by atoms with Crippen molar-refractivity contribution in [2.75, 3.05) is 39.3 Å². The van der Waals surface area contributed by atoms with Gasteiger partial charge >= 0.3 is 0 Å². The zero-order chi connectivity index (χ0) is 19.1. The largest absolute Gasteiger partial charge is 0.355 e. The van der Waals surface area contributed by atoms with Gasteiger partial charge in [0.2, 0.25) is 5.91 Å². The quantitative estimate of drug-likeness (QED) is 0.795. The van der Waals surface area contributed by atoms with Crippen molar-refractivity contribution in [3.05, 3.63) is 70.2 Å². The van der Waals surface area contributed by atoms with Crippen molar-refractivity contribution < 1.29 is 4.79 Å². The minimum atomic E-state index is 0.101. The molecule has 1 fully saturated rings. The van der Waals surface area contributed by atoms with Crippen molar-refractivity contribution in [2.45, 2.75) is 19.9 Å². The van der Waals surface area contributed by atoms with Gasteiger partial charge in [0, 0.05) is 44.3 Å². The van der Waals surface area contributed by atoms with Gasteiger partial charge in [0.1, 0.15) is 0 Å². The predicted molar refractivity (Wildman–Crippen MR) is 111 cm³/mol. The molecule has 0 atom stereocenters. The average Bonchev–Trinajstić information content (AvgIpc) is 2.63. The van der Waals surface area contributed by atoms with E-state index in [1.807, 2.05) is 24.3 Å². The highest BCUT2D eigenvalue weighted by atomic mass is 35.5. The number of hydrogen-bond donors (Lipinski definition) is 1. The van der Waals surface area contributed by atoms with Crippen molar-refractivity contribution in [3.8, 4) is 0 Å². The monoisotopic (exact) mass is 385 g/mol. The first-order chi connectivity index (χ1) is 13.1. The second kappa shape index (κ2) is 9.88. The van der Waals surface area contributed by atoms with Crippen molar-refractivity contribution in [1.82, 2.24) is 15.1 Å². The van der Waals surface area contributed by atoms with Crippen LogP contribution >= 0.6 is 11.6 Å². The van der Waals surface area contributed by atoms with Crippen LogP contribution in [-0.4, -0.2) is 55.0 Å². The van der Waals surface area contributed by atoms with E-state index in [4.69, 9.17) is 11.6 Å². The topological polar surface area (TPSA) is 35.6 Å². The van der Waals surface area contributed by atoms with E-state index in [9.17, 15) is 4.79 Å². The van der Waals surface area contributed by atoms with Crippen LogP contribution in [0.4, 0.5) is 0 Å². The highest BCUT2D eigenvalue weighted by Crippen LogP contribution is 2.11. The van der Waals surface area contributed by atoms with Gasteiger partial charge in [0.15, 0.2) is 0 Å². The first-order valence-electron chi connectivity index (χ1n) is 9.60. The first kappa shape index (κ1) is 19.9.